The van der Waals surface area contributed by atoms with Crippen LogP contribution in [0, 0.1) is 6.92 Å². The minimum Gasteiger partial charge on any atom is -0.352 e. The topological polar surface area (TPSA) is 51.1 Å². The van der Waals surface area contributed by atoms with E-state index in [1.165, 1.54) is 12.8 Å². The van der Waals surface area contributed by atoms with Gasteiger partial charge in [-0.15, -0.1) is 0 Å². The number of Topliss-reactive ketones (excluding diaryl/α,β-unsaturated/α-hetero) is 1. The molecule has 0 unspecified atom stereocenters. The lowest BCUT2D eigenvalue weighted by Crippen LogP contribution is -2.35. The second-order valence-corrected chi connectivity index (χ2v) is 6.17. The lowest BCUT2D eigenvalue weighted by atomic mass is 10.1. The van der Waals surface area contributed by atoms with Crippen LogP contribution in [-0.4, -0.2) is 22.3 Å². The van der Waals surface area contributed by atoms with Crippen molar-refractivity contribution >= 4 is 22.6 Å². The molecule has 22 heavy (non-hydrogen) atoms. The lowest BCUT2D eigenvalue weighted by Gasteiger charge is -2.14. The zero-order chi connectivity index (χ0) is 15.7. The molecular formula is C18H22N2O2. The third kappa shape index (κ3) is 2.65. The zero-order valence-electron chi connectivity index (χ0n) is 13.2. The standard InChI is InChI=1S/C18H22N2O2/c1-12-18(13(2)21)15-9-5-6-10-16(15)20(12)11-17(22)19-14-7-3-4-8-14/h5-6,9-10,14H,3-4,7-8,11H2,1-2H3,(H,19,22). The molecule has 1 aromatic carbocycles. The van der Waals surface area contributed by atoms with Gasteiger partial charge in [-0.3, -0.25) is 9.59 Å². The maximum atomic E-state index is 12.3. The lowest BCUT2D eigenvalue weighted by molar-refractivity contribution is -0.122. The van der Waals surface area contributed by atoms with E-state index in [0.29, 0.717) is 6.04 Å². The fraction of sp³-hybridized carbons (Fsp3) is 0.444. The van der Waals surface area contributed by atoms with Gasteiger partial charge < -0.3 is 9.88 Å². The van der Waals surface area contributed by atoms with E-state index in [-0.39, 0.29) is 18.2 Å². The first-order valence-corrected chi connectivity index (χ1v) is 7.96. The molecule has 2 aromatic rings. The first-order chi connectivity index (χ1) is 10.6. The SMILES string of the molecule is CC(=O)c1c(C)n(CC(=O)NC2CCCC2)c2ccccc12. The van der Waals surface area contributed by atoms with Gasteiger partial charge in [-0.05, 0) is 32.8 Å². The second kappa shape index (κ2) is 5.95. The molecule has 0 radical (unpaired) electrons. The highest BCUT2D eigenvalue weighted by Crippen LogP contribution is 2.26. The van der Waals surface area contributed by atoms with Crippen molar-refractivity contribution < 1.29 is 9.59 Å². The van der Waals surface area contributed by atoms with Crippen LogP contribution in [0.3, 0.4) is 0 Å². The van der Waals surface area contributed by atoms with Gasteiger partial charge in [-0.25, -0.2) is 0 Å². The molecule has 1 heterocycles. The number of nitrogens with one attached hydrogen (secondary N) is 1. The van der Waals surface area contributed by atoms with E-state index < -0.39 is 0 Å². The summed E-state index contributed by atoms with van der Waals surface area (Å²) in [7, 11) is 0. The maximum Gasteiger partial charge on any atom is 0.240 e. The Balaban J connectivity index is 1.91. The molecule has 1 fully saturated rings. The van der Waals surface area contributed by atoms with Crippen molar-refractivity contribution in [3.05, 3.63) is 35.5 Å². The molecule has 1 aliphatic rings. The van der Waals surface area contributed by atoms with E-state index in [1.54, 1.807) is 6.92 Å². The number of fused-ring (bicyclic) bond motifs is 1. The highest BCUT2D eigenvalue weighted by atomic mass is 16.2. The predicted octanol–water partition coefficient (Wildman–Crippen LogP) is 3.21. The Kier molecular flexibility index (Phi) is 4.01. The van der Waals surface area contributed by atoms with E-state index in [4.69, 9.17) is 0 Å². The summed E-state index contributed by atoms with van der Waals surface area (Å²) < 4.78 is 1.95. The Hall–Kier alpha value is -2.10. The van der Waals surface area contributed by atoms with Crippen molar-refractivity contribution in [2.45, 2.75) is 52.1 Å². The summed E-state index contributed by atoms with van der Waals surface area (Å²) in [5.74, 6) is 0.0782. The van der Waals surface area contributed by atoms with Crippen LogP contribution in [0.25, 0.3) is 10.9 Å². The maximum absolute atomic E-state index is 12.3. The molecule has 4 heteroatoms. The Morgan fingerprint density at radius 3 is 2.59 bits per heavy atom. The highest BCUT2D eigenvalue weighted by Gasteiger charge is 2.21. The van der Waals surface area contributed by atoms with Crippen LogP contribution in [0.4, 0.5) is 0 Å². The number of para-hydroxylation sites is 1. The second-order valence-electron chi connectivity index (χ2n) is 6.17. The smallest absolute Gasteiger partial charge is 0.240 e. The Bertz CT molecular complexity index is 724. The molecule has 3 rings (SSSR count). The van der Waals surface area contributed by atoms with Gasteiger partial charge in [0.05, 0.1) is 0 Å². The van der Waals surface area contributed by atoms with Gasteiger partial charge >= 0.3 is 0 Å². The quantitative estimate of drug-likeness (QED) is 0.881. The molecule has 0 spiro atoms. The molecule has 1 N–H and O–H groups in total. The van der Waals surface area contributed by atoms with Crippen LogP contribution in [0.15, 0.2) is 24.3 Å². The number of hydrogen-bond acceptors (Lipinski definition) is 2. The van der Waals surface area contributed by atoms with Crippen molar-refractivity contribution in [2.24, 2.45) is 0 Å². The zero-order valence-corrected chi connectivity index (χ0v) is 13.2. The average molecular weight is 298 g/mol. The number of carbonyl (C=O) groups is 2. The van der Waals surface area contributed by atoms with Gasteiger partial charge in [0.2, 0.25) is 5.91 Å². The van der Waals surface area contributed by atoms with Gasteiger partial charge in [-0.2, -0.15) is 0 Å². The van der Waals surface area contributed by atoms with E-state index in [0.717, 1.165) is 35.0 Å². The Morgan fingerprint density at radius 1 is 1.23 bits per heavy atom. The number of aromatic nitrogens is 1. The van der Waals surface area contributed by atoms with Gasteiger partial charge in [0.15, 0.2) is 5.78 Å². The molecule has 1 aliphatic carbocycles. The molecule has 0 atom stereocenters. The third-order valence-electron chi connectivity index (χ3n) is 4.60. The third-order valence-corrected chi connectivity index (χ3v) is 4.60. The summed E-state index contributed by atoms with van der Waals surface area (Å²) >= 11 is 0. The number of nitrogens with zero attached hydrogens (tertiary/aromatic N) is 1. The Morgan fingerprint density at radius 2 is 1.91 bits per heavy atom. The molecule has 116 valence electrons. The molecule has 1 aromatic heterocycles. The van der Waals surface area contributed by atoms with E-state index in [2.05, 4.69) is 5.32 Å². The number of hydrogen-bond donors (Lipinski definition) is 1. The minimum absolute atomic E-state index is 0.0332. The number of benzene rings is 1. The van der Waals surface area contributed by atoms with E-state index in [1.807, 2.05) is 35.8 Å². The summed E-state index contributed by atoms with van der Waals surface area (Å²) in [4.78, 5) is 24.3. The predicted molar refractivity (Wildman–Crippen MR) is 87.1 cm³/mol. The van der Waals surface area contributed by atoms with Crippen LogP contribution < -0.4 is 5.32 Å². The van der Waals surface area contributed by atoms with Crippen molar-refractivity contribution in [1.82, 2.24) is 9.88 Å². The first-order valence-electron chi connectivity index (χ1n) is 7.96. The fourth-order valence-electron chi connectivity index (χ4n) is 3.57. The number of ketones is 1. The van der Waals surface area contributed by atoms with Gasteiger partial charge in [0.1, 0.15) is 6.54 Å². The summed E-state index contributed by atoms with van der Waals surface area (Å²) in [6.45, 7) is 3.77. The molecule has 0 bridgehead atoms. The summed E-state index contributed by atoms with van der Waals surface area (Å²) in [6, 6.07) is 8.11. The monoisotopic (exact) mass is 298 g/mol. The molecule has 4 nitrogen and oxygen atoms in total. The fourth-order valence-corrected chi connectivity index (χ4v) is 3.57. The van der Waals surface area contributed by atoms with Gasteiger partial charge in [-0.1, -0.05) is 31.0 Å². The van der Waals surface area contributed by atoms with Gasteiger partial charge in [0.25, 0.3) is 0 Å². The molecule has 0 aliphatic heterocycles. The summed E-state index contributed by atoms with van der Waals surface area (Å²) in [5.41, 5.74) is 2.55. The summed E-state index contributed by atoms with van der Waals surface area (Å²) in [6.07, 6.45) is 4.56. The molecule has 0 saturated heterocycles. The molecular weight excluding hydrogens is 276 g/mol. The highest BCUT2D eigenvalue weighted by molar-refractivity contribution is 6.08. The van der Waals surface area contributed by atoms with Crippen LogP contribution >= 0.6 is 0 Å². The van der Waals surface area contributed by atoms with Crippen LogP contribution in [0.5, 0.6) is 0 Å². The van der Waals surface area contributed by atoms with Crippen molar-refractivity contribution in [3.63, 3.8) is 0 Å². The van der Waals surface area contributed by atoms with Crippen molar-refractivity contribution in [1.29, 1.82) is 0 Å². The Labute approximate surface area is 130 Å². The van der Waals surface area contributed by atoms with Gasteiger partial charge in [0, 0.05) is 28.2 Å². The first kappa shape index (κ1) is 14.8. The van der Waals surface area contributed by atoms with Crippen LogP contribution in [0.2, 0.25) is 0 Å². The van der Waals surface area contributed by atoms with Crippen molar-refractivity contribution in [3.8, 4) is 0 Å². The summed E-state index contributed by atoms with van der Waals surface area (Å²) in [5, 5.41) is 4.04. The van der Waals surface area contributed by atoms with E-state index >= 15 is 0 Å². The number of rotatable bonds is 4. The van der Waals surface area contributed by atoms with Crippen LogP contribution in [0.1, 0.15) is 48.7 Å². The molecule has 1 amide bonds. The largest absolute Gasteiger partial charge is 0.352 e. The van der Waals surface area contributed by atoms with Crippen molar-refractivity contribution in [2.75, 3.05) is 0 Å². The number of carbonyl (C=O) groups excluding carboxylic acids is 2. The van der Waals surface area contributed by atoms with Crippen LogP contribution in [-0.2, 0) is 11.3 Å². The minimum atomic E-state index is 0.0332. The average Bonchev–Trinajstić information content (AvgIpc) is 3.06. The molecule has 1 saturated carbocycles. The normalized spacial score (nSPS) is 15.4. The van der Waals surface area contributed by atoms with E-state index in [9.17, 15) is 9.59 Å². The number of amides is 1.